The average Bonchev–Trinajstić information content (AvgIpc) is 2.43. The Hall–Kier alpha value is -1.69. The second-order valence-corrected chi connectivity index (χ2v) is 5.44. The first-order valence-electron chi connectivity index (χ1n) is 6.26. The van der Waals surface area contributed by atoms with Crippen LogP contribution in [0.3, 0.4) is 0 Å². The van der Waals surface area contributed by atoms with E-state index in [1.165, 1.54) is 11.8 Å². The van der Waals surface area contributed by atoms with Crippen LogP contribution < -0.4 is 10.5 Å². The van der Waals surface area contributed by atoms with Gasteiger partial charge in [-0.25, -0.2) is 0 Å². The molecule has 0 heterocycles. The van der Waals surface area contributed by atoms with E-state index in [0.717, 1.165) is 11.3 Å². The molecule has 6 heteroatoms. The zero-order valence-electron chi connectivity index (χ0n) is 11.8. The summed E-state index contributed by atoms with van der Waals surface area (Å²) in [6, 6.07) is 7.62. The third-order valence-corrected chi connectivity index (χ3v) is 3.71. The van der Waals surface area contributed by atoms with Crippen molar-refractivity contribution in [2.45, 2.75) is 13.0 Å². The van der Waals surface area contributed by atoms with Crippen molar-refractivity contribution in [3.05, 3.63) is 29.8 Å². The summed E-state index contributed by atoms with van der Waals surface area (Å²) in [4.78, 5) is 24.2. The van der Waals surface area contributed by atoms with Gasteiger partial charge in [-0.3, -0.25) is 9.59 Å². The summed E-state index contributed by atoms with van der Waals surface area (Å²) in [6.07, 6.45) is 0.392. The van der Waals surface area contributed by atoms with Gasteiger partial charge in [0.25, 0.3) is 0 Å². The lowest BCUT2D eigenvalue weighted by atomic mass is 10.2. The fourth-order valence-corrected chi connectivity index (χ4v) is 2.36. The van der Waals surface area contributed by atoms with Gasteiger partial charge in [-0.2, -0.15) is 11.8 Å². The van der Waals surface area contributed by atoms with Crippen LogP contribution >= 0.6 is 11.8 Å². The molecule has 2 N–H and O–H groups in total. The Labute approximate surface area is 123 Å². The van der Waals surface area contributed by atoms with Crippen molar-refractivity contribution < 1.29 is 14.3 Å². The molecule has 0 aromatic heterocycles. The van der Waals surface area contributed by atoms with Crippen molar-refractivity contribution in [1.82, 2.24) is 4.90 Å². The van der Waals surface area contributed by atoms with Gasteiger partial charge in [0.15, 0.2) is 0 Å². The van der Waals surface area contributed by atoms with Crippen LogP contribution in [0.2, 0.25) is 0 Å². The smallest absolute Gasteiger partial charge is 0.227 e. The van der Waals surface area contributed by atoms with Crippen LogP contribution in [0, 0.1) is 0 Å². The van der Waals surface area contributed by atoms with Crippen molar-refractivity contribution in [3.8, 4) is 5.75 Å². The fraction of sp³-hybridized carbons (Fsp3) is 0.429. The van der Waals surface area contributed by atoms with Crippen molar-refractivity contribution in [2.75, 3.05) is 25.7 Å². The van der Waals surface area contributed by atoms with Crippen molar-refractivity contribution in [3.63, 3.8) is 0 Å². The van der Waals surface area contributed by atoms with E-state index in [2.05, 4.69) is 0 Å². The van der Waals surface area contributed by atoms with Crippen molar-refractivity contribution in [2.24, 2.45) is 5.73 Å². The van der Waals surface area contributed by atoms with Crippen molar-refractivity contribution >= 4 is 23.6 Å². The maximum atomic E-state index is 11.9. The molecular weight excluding hydrogens is 276 g/mol. The second-order valence-electron chi connectivity index (χ2n) is 4.33. The lowest BCUT2D eigenvalue weighted by Crippen LogP contribution is -2.26. The number of carbonyl (C=O) groups excluding carboxylic acids is 2. The molecule has 0 aliphatic heterocycles. The minimum Gasteiger partial charge on any atom is -0.496 e. The Morgan fingerprint density at radius 3 is 2.70 bits per heavy atom. The number of ether oxygens (including phenoxy) is 1. The monoisotopic (exact) mass is 296 g/mol. The molecule has 0 unspecified atom stereocenters. The summed E-state index contributed by atoms with van der Waals surface area (Å²) in [5.41, 5.74) is 6.00. The summed E-state index contributed by atoms with van der Waals surface area (Å²) in [5, 5.41) is 0. The van der Waals surface area contributed by atoms with Crippen LogP contribution in [0.4, 0.5) is 0 Å². The van der Waals surface area contributed by atoms with E-state index in [1.54, 1.807) is 19.1 Å². The Balaban J connectivity index is 2.43. The second kappa shape index (κ2) is 8.47. The van der Waals surface area contributed by atoms with Crippen LogP contribution in [0.15, 0.2) is 24.3 Å². The molecule has 0 aliphatic carbocycles. The molecular formula is C14H20N2O3S. The summed E-state index contributed by atoms with van der Waals surface area (Å²) >= 11 is 1.37. The van der Waals surface area contributed by atoms with Gasteiger partial charge in [0.05, 0.1) is 12.9 Å². The maximum Gasteiger partial charge on any atom is 0.227 e. The van der Waals surface area contributed by atoms with Crippen LogP contribution in [0.1, 0.15) is 12.0 Å². The lowest BCUT2D eigenvalue weighted by Gasteiger charge is -2.18. The molecule has 0 fully saturated rings. The van der Waals surface area contributed by atoms with Crippen LogP contribution in [-0.2, 0) is 16.1 Å². The minimum absolute atomic E-state index is 0.0351. The first-order chi connectivity index (χ1) is 9.54. The Morgan fingerprint density at radius 2 is 2.05 bits per heavy atom. The maximum absolute atomic E-state index is 11.9. The van der Waals surface area contributed by atoms with E-state index in [0.29, 0.717) is 18.7 Å². The first kappa shape index (κ1) is 16.4. The number of rotatable bonds is 8. The van der Waals surface area contributed by atoms with Gasteiger partial charge in [-0.1, -0.05) is 18.2 Å². The minimum atomic E-state index is -0.357. The van der Waals surface area contributed by atoms with Gasteiger partial charge in [-0.15, -0.1) is 0 Å². The third kappa shape index (κ3) is 5.52. The SMILES string of the molecule is COc1ccccc1CN(C)C(=O)CCSCC(N)=O. The van der Waals surface area contributed by atoms with E-state index in [-0.39, 0.29) is 17.6 Å². The number of para-hydroxylation sites is 1. The Kier molecular flexibility index (Phi) is 6.93. The van der Waals surface area contributed by atoms with Crippen LogP contribution in [0.25, 0.3) is 0 Å². The van der Waals surface area contributed by atoms with E-state index >= 15 is 0 Å². The van der Waals surface area contributed by atoms with Gasteiger partial charge in [0.1, 0.15) is 5.75 Å². The molecule has 0 saturated heterocycles. The molecule has 20 heavy (non-hydrogen) atoms. The number of amides is 2. The zero-order valence-corrected chi connectivity index (χ0v) is 12.6. The van der Waals surface area contributed by atoms with E-state index < -0.39 is 0 Å². The predicted octanol–water partition coefficient (Wildman–Crippen LogP) is 1.26. The number of primary amides is 1. The first-order valence-corrected chi connectivity index (χ1v) is 7.42. The standard InChI is InChI=1S/C14H20N2O3S/c1-16(14(18)7-8-20-10-13(15)17)9-11-5-3-4-6-12(11)19-2/h3-6H,7-10H2,1-2H3,(H2,15,17). The highest BCUT2D eigenvalue weighted by molar-refractivity contribution is 7.99. The highest BCUT2D eigenvalue weighted by atomic mass is 32.2. The Bertz CT molecular complexity index is 465. The topological polar surface area (TPSA) is 72.6 Å². The zero-order chi connectivity index (χ0) is 15.0. The number of nitrogens with two attached hydrogens (primary N) is 1. The highest BCUT2D eigenvalue weighted by Crippen LogP contribution is 2.19. The molecule has 0 atom stereocenters. The van der Waals surface area contributed by atoms with Gasteiger partial charge >= 0.3 is 0 Å². The number of methoxy groups -OCH3 is 1. The molecule has 5 nitrogen and oxygen atoms in total. The molecule has 0 spiro atoms. The fourth-order valence-electron chi connectivity index (χ4n) is 1.70. The number of thioether (sulfide) groups is 1. The van der Waals surface area contributed by atoms with Gasteiger partial charge in [0, 0.05) is 31.3 Å². The third-order valence-electron chi connectivity index (χ3n) is 2.73. The Morgan fingerprint density at radius 1 is 1.35 bits per heavy atom. The molecule has 110 valence electrons. The molecule has 0 aliphatic rings. The van der Waals surface area contributed by atoms with Crippen molar-refractivity contribution in [1.29, 1.82) is 0 Å². The van der Waals surface area contributed by atoms with Gasteiger partial charge < -0.3 is 15.4 Å². The predicted molar refractivity (Wildman–Crippen MR) is 80.6 cm³/mol. The summed E-state index contributed by atoms with van der Waals surface area (Å²) in [6.45, 7) is 0.503. The van der Waals surface area contributed by atoms with E-state index in [9.17, 15) is 9.59 Å². The van der Waals surface area contributed by atoms with Crippen LogP contribution in [0.5, 0.6) is 5.75 Å². The molecule has 2 amide bonds. The number of benzene rings is 1. The average molecular weight is 296 g/mol. The van der Waals surface area contributed by atoms with Gasteiger partial charge in [-0.05, 0) is 6.07 Å². The molecule has 1 aromatic carbocycles. The molecule has 0 saturated carbocycles. The van der Waals surface area contributed by atoms with E-state index in [4.69, 9.17) is 10.5 Å². The van der Waals surface area contributed by atoms with Crippen LogP contribution in [-0.4, -0.2) is 42.4 Å². The summed E-state index contributed by atoms with van der Waals surface area (Å²) < 4.78 is 5.26. The number of hydrogen-bond acceptors (Lipinski definition) is 4. The highest BCUT2D eigenvalue weighted by Gasteiger charge is 2.11. The molecule has 1 aromatic rings. The molecule has 0 bridgehead atoms. The lowest BCUT2D eigenvalue weighted by molar-refractivity contribution is -0.130. The quantitative estimate of drug-likeness (QED) is 0.733. The van der Waals surface area contributed by atoms with E-state index in [1.807, 2.05) is 24.3 Å². The number of nitrogens with zero attached hydrogens (tertiary/aromatic N) is 1. The molecule has 0 radical (unpaired) electrons. The van der Waals surface area contributed by atoms with Gasteiger partial charge in [0.2, 0.25) is 11.8 Å². The largest absolute Gasteiger partial charge is 0.496 e. The number of carbonyl (C=O) groups is 2. The molecule has 1 rings (SSSR count). The number of hydrogen-bond donors (Lipinski definition) is 1. The summed E-state index contributed by atoms with van der Waals surface area (Å²) in [5.74, 6) is 1.30. The normalized spacial score (nSPS) is 10.1. The summed E-state index contributed by atoms with van der Waals surface area (Å²) in [7, 11) is 3.37.